The zero-order chi connectivity index (χ0) is 13.0. The van der Waals surface area contributed by atoms with Crippen LogP contribution in [-0.4, -0.2) is 31.1 Å². The maximum Gasteiger partial charge on any atom is 0.123 e. The number of hydrogen-bond donors (Lipinski definition) is 1. The van der Waals surface area contributed by atoms with Crippen molar-refractivity contribution in [2.24, 2.45) is 0 Å². The fraction of sp³-hybridized carbons (Fsp3) is 0.600. The van der Waals surface area contributed by atoms with Gasteiger partial charge in [0.05, 0.1) is 0 Å². The lowest BCUT2D eigenvalue weighted by Crippen LogP contribution is -2.45. The molecule has 0 bridgehead atoms. The summed E-state index contributed by atoms with van der Waals surface area (Å²) in [6.45, 7) is 8.52. The topological polar surface area (TPSA) is 15.3 Å². The van der Waals surface area contributed by atoms with Crippen LogP contribution in [0.25, 0.3) is 0 Å². The molecule has 1 fully saturated rings. The standard InChI is InChI=1S/C15H23FN2.ClH/c1-3-4-15(18-9-7-17-8-10-18)14-6-5-13(16)11-12(14)2;/h5-6,11,15,17H,3-4,7-10H2,1-2H3;1H/t15-;/m1./s1. The summed E-state index contributed by atoms with van der Waals surface area (Å²) in [7, 11) is 0. The zero-order valence-corrected chi connectivity index (χ0v) is 12.6. The summed E-state index contributed by atoms with van der Waals surface area (Å²) < 4.78 is 13.2. The number of hydrogen-bond acceptors (Lipinski definition) is 2. The summed E-state index contributed by atoms with van der Waals surface area (Å²) >= 11 is 0. The van der Waals surface area contributed by atoms with E-state index in [0.717, 1.165) is 44.6 Å². The number of piperazine rings is 1. The Morgan fingerprint density at radius 3 is 2.58 bits per heavy atom. The van der Waals surface area contributed by atoms with E-state index >= 15 is 0 Å². The maximum atomic E-state index is 13.2. The molecule has 4 heteroatoms. The fourth-order valence-electron chi connectivity index (χ4n) is 2.82. The second-order valence-corrected chi connectivity index (χ2v) is 5.09. The average molecular weight is 287 g/mol. The Kier molecular flexibility index (Phi) is 6.76. The molecule has 1 aromatic rings. The van der Waals surface area contributed by atoms with Crippen LogP contribution in [0.15, 0.2) is 18.2 Å². The molecule has 108 valence electrons. The highest BCUT2D eigenvalue weighted by atomic mass is 35.5. The van der Waals surface area contributed by atoms with Gasteiger partial charge in [-0.2, -0.15) is 0 Å². The zero-order valence-electron chi connectivity index (χ0n) is 11.8. The normalized spacial score (nSPS) is 17.8. The minimum Gasteiger partial charge on any atom is -0.314 e. The Labute approximate surface area is 121 Å². The largest absolute Gasteiger partial charge is 0.314 e. The van der Waals surface area contributed by atoms with Crippen molar-refractivity contribution in [1.29, 1.82) is 0 Å². The van der Waals surface area contributed by atoms with Gasteiger partial charge in [-0.15, -0.1) is 12.4 Å². The molecule has 1 aliphatic heterocycles. The van der Waals surface area contributed by atoms with Gasteiger partial charge in [-0.05, 0) is 36.6 Å². The van der Waals surface area contributed by atoms with Crippen molar-refractivity contribution in [1.82, 2.24) is 10.2 Å². The van der Waals surface area contributed by atoms with Crippen LogP contribution >= 0.6 is 12.4 Å². The quantitative estimate of drug-likeness (QED) is 0.914. The molecular weight excluding hydrogens is 263 g/mol. The van der Waals surface area contributed by atoms with Crippen LogP contribution in [-0.2, 0) is 0 Å². The first kappa shape index (κ1) is 16.4. The van der Waals surface area contributed by atoms with Crippen molar-refractivity contribution in [2.75, 3.05) is 26.2 Å². The van der Waals surface area contributed by atoms with E-state index in [1.807, 2.05) is 13.0 Å². The molecule has 1 aliphatic rings. The van der Waals surface area contributed by atoms with Crippen LogP contribution in [0.1, 0.15) is 36.9 Å². The minimum absolute atomic E-state index is 0. The molecule has 19 heavy (non-hydrogen) atoms. The van der Waals surface area contributed by atoms with E-state index in [0.29, 0.717) is 6.04 Å². The third-order valence-corrected chi connectivity index (χ3v) is 3.75. The van der Waals surface area contributed by atoms with Crippen LogP contribution in [0.5, 0.6) is 0 Å². The predicted molar refractivity (Wildman–Crippen MR) is 80.5 cm³/mol. The van der Waals surface area contributed by atoms with Crippen molar-refractivity contribution in [3.8, 4) is 0 Å². The number of benzene rings is 1. The second kappa shape index (κ2) is 7.83. The molecule has 0 saturated carbocycles. The minimum atomic E-state index is -0.133. The first-order chi connectivity index (χ1) is 8.72. The van der Waals surface area contributed by atoms with Gasteiger partial charge in [-0.25, -0.2) is 4.39 Å². The maximum absolute atomic E-state index is 13.2. The molecule has 0 spiro atoms. The van der Waals surface area contributed by atoms with Crippen LogP contribution in [0.3, 0.4) is 0 Å². The van der Waals surface area contributed by atoms with E-state index in [-0.39, 0.29) is 18.2 Å². The van der Waals surface area contributed by atoms with Gasteiger partial charge in [0.15, 0.2) is 0 Å². The summed E-state index contributed by atoms with van der Waals surface area (Å²) in [5, 5.41) is 3.39. The Morgan fingerprint density at radius 2 is 2.00 bits per heavy atom. The molecule has 0 amide bonds. The Bertz CT molecular complexity index is 392. The highest BCUT2D eigenvalue weighted by Gasteiger charge is 2.22. The molecule has 0 aliphatic carbocycles. The molecule has 1 N–H and O–H groups in total. The molecule has 0 unspecified atom stereocenters. The van der Waals surface area contributed by atoms with Gasteiger partial charge in [0.2, 0.25) is 0 Å². The number of aryl methyl sites for hydroxylation is 1. The SMILES string of the molecule is CCC[C@H](c1ccc(F)cc1C)N1CCNCC1.Cl. The number of halogens is 2. The lowest BCUT2D eigenvalue weighted by molar-refractivity contribution is 0.164. The first-order valence-electron chi connectivity index (χ1n) is 6.93. The van der Waals surface area contributed by atoms with Gasteiger partial charge < -0.3 is 5.32 Å². The van der Waals surface area contributed by atoms with E-state index < -0.39 is 0 Å². The van der Waals surface area contributed by atoms with Gasteiger partial charge in [0.25, 0.3) is 0 Å². The van der Waals surface area contributed by atoms with Crippen molar-refractivity contribution >= 4 is 12.4 Å². The highest BCUT2D eigenvalue weighted by Crippen LogP contribution is 2.28. The predicted octanol–water partition coefficient (Wildman–Crippen LogP) is 3.30. The van der Waals surface area contributed by atoms with Crippen LogP contribution < -0.4 is 5.32 Å². The van der Waals surface area contributed by atoms with Gasteiger partial charge in [0, 0.05) is 32.2 Å². The molecule has 2 rings (SSSR count). The smallest absolute Gasteiger partial charge is 0.123 e. The molecule has 1 saturated heterocycles. The third kappa shape index (κ3) is 4.16. The molecule has 1 aromatic carbocycles. The van der Waals surface area contributed by atoms with Crippen molar-refractivity contribution in [3.05, 3.63) is 35.1 Å². The van der Waals surface area contributed by atoms with E-state index in [2.05, 4.69) is 17.1 Å². The highest BCUT2D eigenvalue weighted by molar-refractivity contribution is 5.85. The van der Waals surface area contributed by atoms with Gasteiger partial charge in [0.1, 0.15) is 5.82 Å². The first-order valence-corrected chi connectivity index (χ1v) is 6.93. The number of nitrogens with one attached hydrogen (secondary N) is 1. The molecule has 0 radical (unpaired) electrons. The van der Waals surface area contributed by atoms with Crippen molar-refractivity contribution < 1.29 is 4.39 Å². The lowest BCUT2D eigenvalue weighted by Gasteiger charge is -2.36. The molecule has 1 atom stereocenters. The number of nitrogens with zero attached hydrogens (tertiary/aromatic N) is 1. The summed E-state index contributed by atoms with van der Waals surface area (Å²) in [5.41, 5.74) is 2.37. The van der Waals surface area contributed by atoms with Gasteiger partial charge in [-0.1, -0.05) is 19.4 Å². The fourth-order valence-corrected chi connectivity index (χ4v) is 2.82. The second-order valence-electron chi connectivity index (χ2n) is 5.09. The summed E-state index contributed by atoms with van der Waals surface area (Å²) in [6.07, 6.45) is 2.30. The van der Waals surface area contributed by atoms with E-state index in [9.17, 15) is 4.39 Å². The van der Waals surface area contributed by atoms with Crippen molar-refractivity contribution in [3.63, 3.8) is 0 Å². The molecule has 2 nitrogen and oxygen atoms in total. The van der Waals surface area contributed by atoms with Crippen molar-refractivity contribution in [2.45, 2.75) is 32.7 Å². The summed E-state index contributed by atoms with van der Waals surface area (Å²) in [4.78, 5) is 2.53. The van der Waals surface area contributed by atoms with Crippen LogP contribution in [0.2, 0.25) is 0 Å². The Balaban J connectivity index is 0.00000180. The summed E-state index contributed by atoms with van der Waals surface area (Å²) in [5.74, 6) is -0.133. The summed E-state index contributed by atoms with van der Waals surface area (Å²) in [6, 6.07) is 5.65. The third-order valence-electron chi connectivity index (χ3n) is 3.75. The molecule has 1 heterocycles. The lowest BCUT2D eigenvalue weighted by atomic mass is 9.95. The van der Waals surface area contributed by atoms with Gasteiger partial charge in [-0.3, -0.25) is 4.90 Å². The Hall–Kier alpha value is -0.640. The molecule has 0 aromatic heterocycles. The molecular formula is C15H24ClFN2. The van der Waals surface area contributed by atoms with E-state index in [1.54, 1.807) is 12.1 Å². The Morgan fingerprint density at radius 1 is 1.32 bits per heavy atom. The average Bonchev–Trinajstić information content (AvgIpc) is 2.38. The van der Waals surface area contributed by atoms with Crippen LogP contribution in [0.4, 0.5) is 4.39 Å². The van der Waals surface area contributed by atoms with Crippen LogP contribution in [0, 0.1) is 12.7 Å². The van der Waals surface area contributed by atoms with Gasteiger partial charge >= 0.3 is 0 Å². The monoisotopic (exact) mass is 286 g/mol. The van der Waals surface area contributed by atoms with E-state index in [4.69, 9.17) is 0 Å². The number of rotatable bonds is 4. The van der Waals surface area contributed by atoms with E-state index in [1.165, 1.54) is 5.56 Å².